The molecule has 3 heterocycles. The minimum absolute atomic E-state index is 0.442. The third-order valence-electron chi connectivity index (χ3n) is 2.15. The van der Waals surface area contributed by atoms with Crippen molar-refractivity contribution >= 4 is 11.5 Å². The lowest BCUT2D eigenvalue weighted by Crippen LogP contribution is -1.88. The maximum Gasteiger partial charge on any atom is 0.186 e. The first-order valence-corrected chi connectivity index (χ1v) is 4.45. The Kier molecular flexibility index (Phi) is 1.49. The van der Waals surface area contributed by atoms with E-state index in [4.69, 9.17) is 5.73 Å². The molecular formula is C9H8N6. The van der Waals surface area contributed by atoms with Gasteiger partial charge in [-0.3, -0.25) is 9.50 Å². The van der Waals surface area contributed by atoms with Gasteiger partial charge < -0.3 is 5.73 Å². The lowest BCUT2D eigenvalue weighted by molar-refractivity contribution is 1.05. The zero-order valence-corrected chi connectivity index (χ0v) is 7.75. The van der Waals surface area contributed by atoms with E-state index in [2.05, 4.69) is 20.4 Å². The van der Waals surface area contributed by atoms with Gasteiger partial charge in [0.1, 0.15) is 11.5 Å². The number of aromatic nitrogens is 5. The highest BCUT2D eigenvalue weighted by atomic mass is 15.3. The molecule has 0 bridgehead atoms. The number of hydrogen-bond donors (Lipinski definition) is 2. The molecule has 3 rings (SSSR count). The van der Waals surface area contributed by atoms with Crippen molar-refractivity contribution in [3.63, 3.8) is 0 Å². The van der Waals surface area contributed by atoms with Crippen LogP contribution in [0.25, 0.3) is 17.2 Å². The van der Waals surface area contributed by atoms with Crippen LogP contribution in [0.2, 0.25) is 0 Å². The topological polar surface area (TPSA) is 84.9 Å². The molecule has 0 radical (unpaired) electrons. The van der Waals surface area contributed by atoms with E-state index >= 15 is 0 Å². The standard InChI is InChI=1S/C9H8N6/c10-7-5-6(11-12-7)9-14-13-8-3-1-2-4-15(8)9/h1-5H,(H3,10,11,12). The van der Waals surface area contributed by atoms with Crippen LogP contribution in [-0.2, 0) is 0 Å². The third kappa shape index (κ3) is 1.15. The van der Waals surface area contributed by atoms with Crippen molar-refractivity contribution in [1.82, 2.24) is 24.8 Å². The highest BCUT2D eigenvalue weighted by Crippen LogP contribution is 2.16. The first-order valence-electron chi connectivity index (χ1n) is 4.45. The molecule has 0 unspecified atom stereocenters. The van der Waals surface area contributed by atoms with Crippen molar-refractivity contribution in [1.29, 1.82) is 0 Å². The van der Waals surface area contributed by atoms with Gasteiger partial charge in [-0.15, -0.1) is 10.2 Å². The highest BCUT2D eigenvalue weighted by Gasteiger charge is 2.09. The van der Waals surface area contributed by atoms with Gasteiger partial charge in [-0.25, -0.2) is 0 Å². The fourth-order valence-corrected chi connectivity index (χ4v) is 1.48. The summed E-state index contributed by atoms with van der Waals surface area (Å²) in [7, 11) is 0. The lowest BCUT2D eigenvalue weighted by atomic mass is 10.4. The summed E-state index contributed by atoms with van der Waals surface area (Å²) in [6.45, 7) is 0. The summed E-state index contributed by atoms with van der Waals surface area (Å²) in [4.78, 5) is 0. The molecule has 6 heteroatoms. The Bertz CT molecular complexity index is 608. The van der Waals surface area contributed by atoms with E-state index in [0.717, 1.165) is 11.3 Å². The van der Waals surface area contributed by atoms with Gasteiger partial charge in [0.2, 0.25) is 0 Å². The molecule has 3 aromatic rings. The summed E-state index contributed by atoms with van der Waals surface area (Å²) in [5, 5.41) is 14.7. The van der Waals surface area contributed by atoms with Crippen LogP contribution in [0.5, 0.6) is 0 Å². The number of nitrogens with one attached hydrogen (secondary N) is 1. The summed E-state index contributed by atoms with van der Waals surface area (Å²) in [5.74, 6) is 1.15. The van der Waals surface area contributed by atoms with Crippen LogP contribution < -0.4 is 5.73 Å². The Balaban J connectivity index is 2.27. The predicted octanol–water partition coefficient (Wildman–Crippen LogP) is 0.702. The molecule has 15 heavy (non-hydrogen) atoms. The average Bonchev–Trinajstić information content (AvgIpc) is 2.83. The van der Waals surface area contributed by atoms with Crippen LogP contribution in [0.3, 0.4) is 0 Å². The van der Waals surface area contributed by atoms with E-state index < -0.39 is 0 Å². The molecule has 3 N–H and O–H groups in total. The van der Waals surface area contributed by atoms with E-state index in [1.54, 1.807) is 6.07 Å². The average molecular weight is 200 g/mol. The van der Waals surface area contributed by atoms with E-state index in [1.165, 1.54) is 0 Å². The molecule has 0 aliphatic heterocycles. The number of nitrogen functional groups attached to an aromatic ring is 1. The Labute approximate surface area is 84.8 Å². The zero-order chi connectivity index (χ0) is 10.3. The van der Waals surface area contributed by atoms with Crippen LogP contribution in [0, 0.1) is 0 Å². The quantitative estimate of drug-likeness (QED) is 0.605. The van der Waals surface area contributed by atoms with Crippen LogP contribution in [0.15, 0.2) is 30.5 Å². The number of nitrogens with zero attached hydrogens (tertiary/aromatic N) is 4. The highest BCUT2D eigenvalue weighted by molar-refractivity contribution is 5.58. The van der Waals surface area contributed by atoms with Crippen molar-refractivity contribution in [2.45, 2.75) is 0 Å². The summed E-state index contributed by atoms with van der Waals surface area (Å²) in [5.41, 5.74) is 7.08. The van der Waals surface area contributed by atoms with Crippen LogP contribution in [0.1, 0.15) is 0 Å². The van der Waals surface area contributed by atoms with Crippen molar-refractivity contribution in [3.8, 4) is 11.5 Å². The summed E-state index contributed by atoms with van der Waals surface area (Å²) >= 11 is 0. The monoisotopic (exact) mass is 200 g/mol. The second-order valence-electron chi connectivity index (χ2n) is 3.16. The molecular weight excluding hydrogens is 192 g/mol. The molecule has 0 spiro atoms. The Morgan fingerprint density at radius 1 is 1.27 bits per heavy atom. The lowest BCUT2D eigenvalue weighted by Gasteiger charge is -1.94. The maximum absolute atomic E-state index is 5.53. The predicted molar refractivity (Wildman–Crippen MR) is 55.0 cm³/mol. The van der Waals surface area contributed by atoms with Crippen molar-refractivity contribution in [2.24, 2.45) is 0 Å². The minimum atomic E-state index is 0.442. The van der Waals surface area contributed by atoms with E-state index in [0.29, 0.717) is 11.6 Å². The van der Waals surface area contributed by atoms with Gasteiger partial charge in [0.05, 0.1) is 0 Å². The molecule has 0 aliphatic rings. The number of fused-ring (bicyclic) bond motifs is 1. The van der Waals surface area contributed by atoms with Gasteiger partial charge in [-0.1, -0.05) is 6.07 Å². The number of pyridine rings is 1. The normalized spacial score (nSPS) is 10.9. The minimum Gasteiger partial charge on any atom is -0.382 e. The number of aromatic amines is 1. The first-order chi connectivity index (χ1) is 7.34. The number of hydrogen-bond acceptors (Lipinski definition) is 4. The van der Waals surface area contributed by atoms with Crippen LogP contribution >= 0.6 is 0 Å². The van der Waals surface area contributed by atoms with E-state index in [1.807, 2.05) is 28.8 Å². The molecule has 74 valence electrons. The van der Waals surface area contributed by atoms with Crippen LogP contribution in [0.4, 0.5) is 5.82 Å². The summed E-state index contributed by atoms with van der Waals surface area (Å²) in [6.07, 6.45) is 1.89. The largest absolute Gasteiger partial charge is 0.382 e. The van der Waals surface area contributed by atoms with Gasteiger partial charge in [-0.05, 0) is 12.1 Å². The molecule has 0 aliphatic carbocycles. The van der Waals surface area contributed by atoms with Gasteiger partial charge in [0.15, 0.2) is 11.5 Å². The maximum atomic E-state index is 5.53. The van der Waals surface area contributed by atoms with Gasteiger partial charge in [-0.2, -0.15) is 5.10 Å². The van der Waals surface area contributed by atoms with Gasteiger partial charge >= 0.3 is 0 Å². The second-order valence-corrected chi connectivity index (χ2v) is 3.16. The first kappa shape index (κ1) is 7.98. The molecule has 6 nitrogen and oxygen atoms in total. The molecule has 0 saturated carbocycles. The molecule has 3 aromatic heterocycles. The number of anilines is 1. The number of nitrogens with two attached hydrogens (primary N) is 1. The van der Waals surface area contributed by atoms with Crippen molar-refractivity contribution in [2.75, 3.05) is 5.73 Å². The fraction of sp³-hybridized carbons (Fsp3) is 0. The Morgan fingerprint density at radius 3 is 3.00 bits per heavy atom. The second kappa shape index (κ2) is 2.81. The number of rotatable bonds is 1. The fourth-order valence-electron chi connectivity index (χ4n) is 1.48. The number of H-pyrrole nitrogens is 1. The van der Waals surface area contributed by atoms with Crippen molar-refractivity contribution < 1.29 is 0 Å². The smallest absolute Gasteiger partial charge is 0.186 e. The summed E-state index contributed by atoms with van der Waals surface area (Å²) in [6, 6.07) is 7.44. The van der Waals surface area contributed by atoms with E-state index in [9.17, 15) is 0 Å². The van der Waals surface area contributed by atoms with Gasteiger partial charge in [0, 0.05) is 12.3 Å². The van der Waals surface area contributed by atoms with Gasteiger partial charge in [0.25, 0.3) is 0 Å². The van der Waals surface area contributed by atoms with Crippen molar-refractivity contribution in [3.05, 3.63) is 30.5 Å². The Morgan fingerprint density at radius 2 is 2.20 bits per heavy atom. The zero-order valence-electron chi connectivity index (χ0n) is 7.75. The molecule has 0 fully saturated rings. The van der Waals surface area contributed by atoms with Crippen LogP contribution in [-0.4, -0.2) is 24.8 Å². The Hall–Kier alpha value is -2.37. The molecule has 0 saturated heterocycles. The summed E-state index contributed by atoms with van der Waals surface area (Å²) < 4.78 is 1.87. The third-order valence-corrected chi connectivity index (χ3v) is 2.15. The SMILES string of the molecule is Nc1cc(-c2nnc3ccccn23)[nH]n1. The molecule has 0 aromatic carbocycles. The molecule has 0 amide bonds. The molecule has 0 atom stereocenters. The van der Waals surface area contributed by atoms with E-state index in [-0.39, 0.29) is 0 Å².